The number of aliphatic hydroxyl groups is 1. The molecule has 0 unspecified atom stereocenters. The van der Waals surface area contributed by atoms with Crippen molar-refractivity contribution in [2.24, 2.45) is 0 Å². The first kappa shape index (κ1) is 15.0. The van der Waals surface area contributed by atoms with E-state index in [1.807, 2.05) is 60.7 Å². The minimum atomic E-state index is -0.945. The van der Waals surface area contributed by atoms with E-state index < -0.39 is 5.60 Å². The van der Waals surface area contributed by atoms with Gasteiger partial charge in [0.1, 0.15) is 5.60 Å². The Balaban J connectivity index is 0.00000147. The van der Waals surface area contributed by atoms with Crippen LogP contribution in [-0.4, -0.2) is 17.7 Å². The smallest absolute Gasteiger partial charge is 0.130 e. The highest BCUT2D eigenvalue weighted by molar-refractivity contribution is 5.85. The van der Waals surface area contributed by atoms with Crippen LogP contribution >= 0.6 is 12.4 Å². The molecule has 2 aromatic rings. The second-order valence-electron chi connectivity index (χ2n) is 5.15. The summed E-state index contributed by atoms with van der Waals surface area (Å²) in [5, 5.41) is 14.8. The molecule has 1 aliphatic rings. The van der Waals surface area contributed by atoms with Crippen molar-refractivity contribution in [1.82, 2.24) is 5.32 Å². The summed E-state index contributed by atoms with van der Waals surface area (Å²) in [6.45, 7) is 0.979. The molecule has 0 aliphatic carbocycles. The molecular weight excluding hydrogens is 270 g/mol. The Labute approximate surface area is 126 Å². The number of benzene rings is 2. The van der Waals surface area contributed by atoms with E-state index in [1.54, 1.807) is 0 Å². The summed E-state index contributed by atoms with van der Waals surface area (Å²) in [7, 11) is 0. The lowest BCUT2D eigenvalue weighted by molar-refractivity contribution is 0.0442. The van der Waals surface area contributed by atoms with Crippen LogP contribution in [0.1, 0.15) is 24.0 Å². The summed E-state index contributed by atoms with van der Waals surface area (Å²) >= 11 is 0. The molecule has 20 heavy (non-hydrogen) atoms. The average Bonchev–Trinajstić information content (AvgIpc) is 3.03. The van der Waals surface area contributed by atoms with Crippen LogP contribution in [0.15, 0.2) is 60.7 Å². The predicted molar refractivity (Wildman–Crippen MR) is 84.2 cm³/mol. The van der Waals surface area contributed by atoms with Crippen LogP contribution in [0.25, 0.3) is 0 Å². The Morgan fingerprint density at radius 1 is 0.900 bits per heavy atom. The molecule has 0 aromatic heterocycles. The van der Waals surface area contributed by atoms with Gasteiger partial charge in [0.25, 0.3) is 0 Å². The van der Waals surface area contributed by atoms with Gasteiger partial charge in [-0.25, -0.2) is 0 Å². The average molecular weight is 290 g/mol. The molecule has 0 amide bonds. The predicted octanol–water partition coefficient (Wildman–Crippen LogP) is 3.10. The van der Waals surface area contributed by atoms with E-state index >= 15 is 0 Å². The summed E-state index contributed by atoms with van der Waals surface area (Å²) in [6, 6.07) is 20.0. The van der Waals surface area contributed by atoms with Crippen molar-refractivity contribution in [3.63, 3.8) is 0 Å². The van der Waals surface area contributed by atoms with Crippen molar-refractivity contribution in [3.05, 3.63) is 71.8 Å². The lowest BCUT2D eigenvalue weighted by atomic mass is 9.79. The Kier molecular flexibility index (Phi) is 4.81. The molecule has 2 aromatic carbocycles. The molecule has 1 atom stereocenters. The monoisotopic (exact) mass is 289 g/mol. The molecule has 2 N–H and O–H groups in total. The first-order valence-corrected chi connectivity index (χ1v) is 6.88. The molecule has 1 aliphatic heterocycles. The molecule has 106 valence electrons. The van der Waals surface area contributed by atoms with Crippen LogP contribution in [0.2, 0.25) is 0 Å². The normalized spacial score (nSPS) is 18.6. The highest BCUT2D eigenvalue weighted by atomic mass is 35.5. The summed E-state index contributed by atoms with van der Waals surface area (Å²) in [5.74, 6) is 0. The van der Waals surface area contributed by atoms with Crippen LogP contribution in [0.5, 0.6) is 0 Å². The second kappa shape index (κ2) is 6.40. The van der Waals surface area contributed by atoms with Crippen molar-refractivity contribution in [2.45, 2.75) is 24.5 Å². The van der Waals surface area contributed by atoms with Gasteiger partial charge in [0.15, 0.2) is 0 Å². The number of hydrogen-bond acceptors (Lipinski definition) is 2. The van der Waals surface area contributed by atoms with E-state index in [0.29, 0.717) is 0 Å². The van der Waals surface area contributed by atoms with Gasteiger partial charge in [-0.1, -0.05) is 60.7 Å². The summed E-state index contributed by atoms with van der Waals surface area (Å²) in [4.78, 5) is 0. The van der Waals surface area contributed by atoms with Crippen LogP contribution in [0.3, 0.4) is 0 Å². The van der Waals surface area contributed by atoms with Gasteiger partial charge in [0.2, 0.25) is 0 Å². The summed E-state index contributed by atoms with van der Waals surface area (Å²) in [5.41, 5.74) is 0.972. The molecule has 1 saturated heterocycles. The quantitative estimate of drug-likeness (QED) is 0.910. The molecule has 0 bridgehead atoms. The van der Waals surface area contributed by atoms with Gasteiger partial charge in [-0.3, -0.25) is 0 Å². The van der Waals surface area contributed by atoms with Crippen molar-refractivity contribution in [3.8, 4) is 0 Å². The van der Waals surface area contributed by atoms with Gasteiger partial charge in [-0.2, -0.15) is 0 Å². The Morgan fingerprint density at radius 2 is 1.40 bits per heavy atom. The van der Waals surface area contributed by atoms with Crippen molar-refractivity contribution < 1.29 is 5.11 Å². The van der Waals surface area contributed by atoms with Gasteiger partial charge >= 0.3 is 0 Å². The van der Waals surface area contributed by atoms with E-state index in [4.69, 9.17) is 0 Å². The molecule has 0 spiro atoms. The van der Waals surface area contributed by atoms with Gasteiger partial charge in [-0.15, -0.1) is 12.4 Å². The number of rotatable bonds is 3. The third-order valence-electron chi connectivity index (χ3n) is 3.99. The number of hydrogen-bond donors (Lipinski definition) is 2. The largest absolute Gasteiger partial charge is 0.379 e. The Morgan fingerprint density at radius 3 is 1.80 bits per heavy atom. The van der Waals surface area contributed by atoms with E-state index in [0.717, 1.165) is 30.5 Å². The van der Waals surface area contributed by atoms with E-state index in [-0.39, 0.29) is 18.4 Å². The zero-order valence-electron chi connectivity index (χ0n) is 11.3. The highest BCUT2D eigenvalue weighted by Crippen LogP contribution is 2.36. The molecule has 1 heterocycles. The fourth-order valence-corrected chi connectivity index (χ4v) is 2.99. The second-order valence-corrected chi connectivity index (χ2v) is 5.15. The maximum Gasteiger partial charge on any atom is 0.130 e. The molecule has 0 radical (unpaired) electrons. The SMILES string of the molecule is Cl.OC(c1ccccc1)(c1ccccc1)[C@@H]1CCCN1. The highest BCUT2D eigenvalue weighted by Gasteiger charge is 2.41. The molecule has 2 nitrogen and oxygen atoms in total. The fraction of sp³-hybridized carbons (Fsp3) is 0.294. The van der Waals surface area contributed by atoms with Crippen LogP contribution in [0, 0.1) is 0 Å². The standard InChI is InChI=1S/C17H19NO.ClH/c19-17(16-12-7-13-18-16,14-8-3-1-4-9-14)15-10-5-2-6-11-15;/h1-6,8-11,16,18-19H,7,12-13H2;1H/t16-;/m0./s1. The third kappa shape index (κ3) is 2.59. The molecule has 0 saturated carbocycles. The zero-order chi connectivity index (χ0) is 13.1. The topological polar surface area (TPSA) is 32.3 Å². The fourth-order valence-electron chi connectivity index (χ4n) is 2.99. The van der Waals surface area contributed by atoms with Crippen molar-refractivity contribution in [1.29, 1.82) is 0 Å². The maximum absolute atomic E-state index is 11.4. The van der Waals surface area contributed by atoms with Gasteiger partial charge in [0, 0.05) is 6.04 Å². The summed E-state index contributed by atoms with van der Waals surface area (Å²) < 4.78 is 0. The lowest BCUT2D eigenvalue weighted by Crippen LogP contribution is -2.46. The first-order chi connectivity index (χ1) is 9.32. The van der Waals surface area contributed by atoms with E-state index in [1.165, 1.54) is 0 Å². The Bertz CT molecular complexity index is 484. The zero-order valence-corrected chi connectivity index (χ0v) is 12.1. The third-order valence-corrected chi connectivity index (χ3v) is 3.99. The minimum absolute atomic E-state index is 0. The van der Waals surface area contributed by atoms with Crippen molar-refractivity contribution in [2.75, 3.05) is 6.54 Å². The maximum atomic E-state index is 11.4. The number of nitrogens with one attached hydrogen (secondary N) is 1. The van der Waals surface area contributed by atoms with Crippen LogP contribution in [0.4, 0.5) is 0 Å². The van der Waals surface area contributed by atoms with Gasteiger partial charge in [-0.05, 0) is 30.5 Å². The first-order valence-electron chi connectivity index (χ1n) is 6.88. The lowest BCUT2D eigenvalue weighted by Gasteiger charge is -2.35. The molecule has 3 rings (SSSR count). The molecule has 3 heteroatoms. The van der Waals surface area contributed by atoms with Gasteiger partial charge in [0.05, 0.1) is 0 Å². The molecule has 1 fully saturated rings. The minimum Gasteiger partial charge on any atom is -0.379 e. The molecular formula is C17H20ClNO. The van der Waals surface area contributed by atoms with Gasteiger partial charge < -0.3 is 10.4 Å². The van der Waals surface area contributed by atoms with Crippen LogP contribution in [-0.2, 0) is 5.60 Å². The van der Waals surface area contributed by atoms with Crippen LogP contribution < -0.4 is 5.32 Å². The van der Waals surface area contributed by atoms with Crippen molar-refractivity contribution >= 4 is 12.4 Å². The van der Waals surface area contributed by atoms with E-state index in [9.17, 15) is 5.11 Å². The Hall–Kier alpha value is -1.35. The number of halogens is 1. The summed E-state index contributed by atoms with van der Waals surface area (Å²) in [6.07, 6.45) is 2.12. The van der Waals surface area contributed by atoms with E-state index in [2.05, 4.69) is 5.32 Å².